The predicted molar refractivity (Wildman–Crippen MR) is 108 cm³/mol. The summed E-state index contributed by atoms with van der Waals surface area (Å²) in [4.78, 5) is 17.1. The molecule has 0 N–H and O–H groups in total. The molecule has 26 heavy (non-hydrogen) atoms. The molecule has 0 amide bonds. The monoisotopic (exact) mass is 366 g/mol. The van der Waals surface area contributed by atoms with Crippen LogP contribution in [-0.4, -0.2) is 9.55 Å². The van der Waals surface area contributed by atoms with Crippen LogP contribution in [0.5, 0.6) is 0 Å². The van der Waals surface area contributed by atoms with E-state index in [2.05, 4.69) is 36.4 Å². The zero-order chi connectivity index (χ0) is 18.5. The summed E-state index contributed by atoms with van der Waals surface area (Å²) in [5, 5.41) is 0.224. The van der Waals surface area contributed by atoms with E-state index in [0.29, 0.717) is 11.1 Å². The van der Waals surface area contributed by atoms with Crippen molar-refractivity contribution in [3.63, 3.8) is 0 Å². The van der Waals surface area contributed by atoms with Gasteiger partial charge in [-0.1, -0.05) is 48.7 Å². The van der Waals surface area contributed by atoms with Crippen molar-refractivity contribution in [1.82, 2.24) is 9.55 Å². The molecule has 4 heteroatoms. The Balaban J connectivity index is 1.93. The molecule has 0 fully saturated rings. The lowest BCUT2D eigenvalue weighted by molar-refractivity contribution is 0.310. The number of benzene rings is 2. The maximum atomic E-state index is 12.5. The van der Waals surface area contributed by atoms with E-state index in [9.17, 15) is 4.79 Å². The molecular weight excluding hydrogens is 344 g/mol. The van der Waals surface area contributed by atoms with Gasteiger partial charge in [0.25, 0.3) is 0 Å². The minimum atomic E-state index is -0.195. The number of hydrogen-bond donors (Lipinski definition) is 0. The second-order valence-corrected chi connectivity index (χ2v) is 8.56. The highest BCUT2D eigenvalue weighted by Gasteiger charge is 2.26. The van der Waals surface area contributed by atoms with Gasteiger partial charge < -0.3 is 4.57 Å². The van der Waals surface area contributed by atoms with Crippen LogP contribution in [0.3, 0.4) is 0 Å². The smallest absolute Gasteiger partial charge is 0.224 e. The summed E-state index contributed by atoms with van der Waals surface area (Å²) in [7, 11) is 0. The zero-order valence-corrected chi connectivity index (χ0v) is 16.2. The summed E-state index contributed by atoms with van der Waals surface area (Å²) >= 11 is 6.07. The Morgan fingerprint density at radius 3 is 2.73 bits per heavy atom. The Bertz CT molecular complexity index is 1060. The van der Waals surface area contributed by atoms with E-state index in [1.54, 1.807) is 6.07 Å². The third kappa shape index (κ3) is 2.95. The normalized spacial score (nSPS) is 17.2. The molecule has 2 aliphatic carbocycles. The fraction of sp³-hybridized carbons (Fsp3) is 0.364. The van der Waals surface area contributed by atoms with Gasteiger partial charge in [0.15, 0.2) is 0 Å². The van der Waals surface area contributed by atoms with Gasteiger partial charge >= 0.3 is 0 Å². The van der Waals surface area contributed by atoms with E-state index in [-0.39, 0.29) is 10.5 Å². The number of allylic oxidation sites excluding steroid dienone is 2. The van der Waals surface area contributed by atoms with Gasteiger partial charge in [-0.2, -0.15) is 0 Å². The lowest BCUT2D eigenvalue weighted by Crippen LogP contribution is -2.21. The van der Waals surface area contributed by atoms with Crippen LogP contribution in [-0.2, 0) is 6.54 Å². The highest BCUT2D eigenvalue weighted by Crippen LogP contribution is 2.39. The van der Waals surface area contributed by atoms with Crippen LogP contribution in [0.1, 0.15) is 40.0 Å². The van der Waals surface area contributed by atoms with E-state index in [4.69, 9.17) is 11.6 Å². The molecule has 1 aliphatic heterocycles. The molecule has 0 aromatic heterocycles. The summed E-state index contributed by atoms with van der Waals surface area (Å²) in [5.74, 6) is 0. The van der Waals surface area contributed by atoms with Crippen LogP contribution in [0.2, 0.25) is 5.02 Å². The average molecular weight is 367 g/mol. The molecule has 0 saturated heterocycles. The molecule has 3 aliphatic rings. The highest BCUT2D eigenvalue weighted by atomic mass is 35.5. The third-order valence-corrected chi connectivity index (χ3v) is 5.86. The summed E-state index contributed by atoms with van der Waals surface area (Å²) in [6.45, 7) is 7.72. The quantitative estimate of drug-likeness (QED) is 0.432. The topological polar surface area (TPSA) is 34.9 Å². The van der Waals surface area contributed by atoms with E-state index in [1.807, 2.05) is 24.3 Å². The van der Waals surface area contributed by atoms with Gasteiger partial charge in [0, 0.05) is 6.54 Å². The highest BCUT2D eigenvalue weighted by molar-refractivity contribution is 6.30. The fourth-order valence-corrected chi connectivity index (χ4v) is 4.26. The molecule has 0 atom stereocenters. The van der Waals surface area contributed by atoms with Crippen molar-refractivity contribution in [3.8, 4) is 11.4 Å². The van der Waals surface area contributed by atoms with Gasteiger partial charge in [-0.05, 0) is 55.9 Å². The molecule has 0 unspecified atom stereocenters. The molecule has 0 bridgehead atoms. The molecule has 0 spiro atoms. The summed E-state index contributed by atoms with van der Waals surface area (Å²) in [5.41, 5.74) is 6.29. The largest absolute Gasteiger partial charge is 0.334 e. The van der Waals surface area contributed by atoms with E-state index in [0.717, 1.165) is 36.1 Å². The molecule has 134 valence electrons. The maximum Gasteiger partial charge on any atom is 0.224 e. The van der Waals surface area contributed by atoms with Crippen molar-refractivity contribution in [3.05, 3.63) is 62.8 Å². The fourth-order valence-electron chi connectivity index (χ4n) is 4.11. The third-order valence-electron chi connectivity index (χ3n) is 5.56. The lowest BCUT2D eigenvalue weighted by Gasteiger charge is -2.33. The predicted octanol–water partition coefficient (Wildman–Crippen LogP) is 5.68. The summed E-state index contributed by atoms with van der Waals surface area (Å²) in [6, 6.07) is 11.6. The first-order chi connectivity index (χ1) is 12.4. The van der Waals surface area contributed by atoms with Crippen molar-refractivity contribution >= 4 is 22.6 Å². The number of aromatic nitrogens is 2. The first-order valence-corrected chi connectivity index (χ1v) is 9.49. The number of halogens is 1. The molecular formula is C22H23ClN2O. The molecule has 1 aromatic carbocycles. The second-order valence-electron chi connectivity index (χ2n) is 8.16. The molecule has 3 nitrogen and oxygen atoms in total. The average Bonchev–Trinajstić information content (AvgIpc) is 2.60. The first-order valence-electron chi connectivity index (χ1n) is 9.11. The molecule has 4 rings (SSSR count). The number of rotatable bonds is 2. The Morgan fingerprint density at radius 1 is 1.19 bits per heavy atom. The standard InChI is InChI=1S/C22H23ClN2O/c1-14-12-22(2,3)11-10-15(14)13-25-18-7-5-4-6-17(18)24-20-19(25)9-8-16(23)21(20)26/h4-9H,10-13H2,1-3H3. The van der Waals surface area contributed by atoms with Crippen LogP contribution in [0.4, 0.5) is 0 Å². The van der Waals surface area contributed by atoms with Crippen molar-refractivity contribution in [2.45, 2.75) is 46.6 Å². The molecule has 0 saturated carbocycles. The summed E-state index contributed by atoms with van der Waals surface area (Å²) < 4.78 is 2.23. The van der Waals surface area contributed by atoms with Crippen LogP contribution < -0.4 is 5.43 Å². The molecule has 0 radical (unpaired) electrons. The van der Waals surface area contributed by atoms with E-state index >= 15 is 0 Å². The maximum absolute atomic E-state index is 12.5. The van der Waals surface area contributed by atoms with Gasteiger partial charge in [0.2, 0.25) is 5.43 Å². The SMILES string of the molecule is CC1=C(Cn2c3ccc(Cl)c(=O)c-3nc3ccccc32)CCC(C)(C)C1. The van der Waals surface area contributed by atoms with Gasteiger partial charge in [0.1, 0.15) is 5.69 Å². The van der Waals surface area contributed by atoms with Gasteiger partial charge in [-0.25, -0.2) is 4.98 Å². The van der Waals surface area contributed by atoms with Crippen LogP contribution in [0.15, 0.2) is 52.3 Å². The lowest BCUT2D eigenvalue weighted by atomic mass is 9.75. The van der Waals surface area contributed by atoms with Crippen molar-refractivity contribution in [2.24, 2.45) is 5.41 Å². The van der Waals surface area contributed by atoms with Crippen molar-refractivity contribution in [2.75, 3.05) is 0 Å². The zero-order valence-electron chi connectivity index (χ0n) is 15.5. The number of hydrogen-bond acceptors (Lipinski definition) is 2. The Labute approximate surface area is 158 Å². The Kier molecular flexibility index (Phi) is 4.15. The van der Waals surface area contributed by atoms with E-state index < -0.39 is 0 Å². The molecule has 1 heterocycles. The van der Waals surface area contributed by atoms with Crippen molar-refractivity contribution in [1.29, 1.82) is 0 Å². The van der Waals surface area contributed by atoms with Gasteiger partial charge in [-0.3, -0.25) is 4.79 Å². The van der Waals surface area contributed by atoms with Crippen LogP contribution in [0.25, 0.3) is 22.4 Å². The van der Waals surface area contributed by atoms with Crippen molar-refractivity contribution < 1.29 is 0 Å². The number of nitrogens with zero attached hydrogens (tertiary/aromatic N) is 2. The van der Waals surface area contributed by atoms with Crippen LogP contribution in [0, 0.1) is 5.41 Å². The Morgan fingerprint density at radius 2 is 1.96 bits per heavy atom. The number of fused-ring (bicyclic) bond motifs is 2. The van der Waals surface area contributed by atoms with Gasteiger partial charge in [0.05, 0.1) is 21.7 Å². The minimum absolute atomic E-state index is 0.195. The number of para-hydroxylation sites is 2. The Hall–Kier alpha value is -2.13. The minimum Gasteiger partial charge on any atom is -0.334 e. The van der Waals surface area contributed by atoms with Crippen LogP contribution >= 0.6 is 11.6 Å². The van der Waals surface area contributed by atoms with Gasteiger partial charge in [-0.15, -0.1) is 0 Å². The second kappa shape index (κ2) is 6.24. The molecule has 1 aromatic rings. The van der Waals surface area contributed by atoms with E-state index in [1.165, 1.54) is 17.6 Å². The first kappa shape index (κ1) is 17.3. The summed E-state index contributed by atoms with van der Waals surface area (Å²) in [6.07, 6.45) is 3.42.